The van der Waals surface area contributed by atoms with Gasteiger partial charge < -0.3 is 9.64 Å². The molecule has 2 aliphatic heterocycles. The van der Waals surface area contributed by atoms with Crippen molar-refractivity contribution in [3.05, 3.63) is 66.2 Å². The molecule has 0 N–H and O–H groups in total. The molecule has 0 bridgehead atoms. The SMILES string of the molecule is O=C(CN1CCOCC1)N1CCC(C=Cc2ccc(-c3ccccc3)cc2)CC1. The van der Waals surface area contributed by atoms with Gasteiger partial charge in [-0.2, -0.15) is 0 Å². The van der Waals surface area contributed by atoms with Crippen molar-refractivity contribution >= 4 is 12.0 Å². The summed E-state index contributed by atoms with van der Waals surface area (Å²) < 4.78 is 5.36. The molecule has 2 saturated heterocycles. The zero-order valence-corrected chi connectivity index (χ0v) is 17.0. The summed E-state index contributed by atoms with van der Waals surface area (Å²) in [5, 5.41) is 0. The molecule has 4 rings (SSSR count). The van der Waals surface area contributed by atoms with Gasteiger partial charge in [-0.25, -0.2) is 0 Å². The van der Waals surface area contributed by atoms with Gasteiger partial charge in [0.05, 0.1) is 19.8 Å². The number of likely N-dealkylation sites (tertiary alicyclic amines) is 1. The number of rotatable bonds is 5. The number of carbonyl (C=O) groups is 1. The minimum absolute atomic E-state index is 0.269. The van der Waals surface area contributed by atoms with Gasteiger partial charge in [-0.3, -0.25) is 9.69 Å². The Morgan fingerprint density at radius 2 is 1.55 bits per heavy atom. The number of hydrogen-bond donors (Lipinski definition) is 0. The molecule has 0 aromatic heterocycles. The summed E-state index contributed by atoms with van der Waals surface area (Å²) in [5.41, 5.74) is 3.72. The molecular weight excluding hydrogens is 360 g/mol. The van der Waals surface area contributed by atoms with Gasteiger partial charge in [0.1, 0.15) is 0 Å². The quantitative estimate of drug-likeness (QED) is 0.775. The number of benzene rings is 2. The third-order valence-electron chi connectivity index (χ3n) is 5.93. The topological polar surface area (TPSA) is 32.8 Å². The molecule has 2 aliphatic rings. The molecule has 0 spiro atoms. The van der Waals surface area contributed by atoms with Crippen molar-refractivity contribution in [2.75, 3.05) is 45.9 Å². The molecule has 29 heavy (non-hydrogen) atoms. The van der Waals surface area contributed by atoms with E-state index in [1.165, 1.54) is 16.7 Å². The standard InChI is InChI=1S/C25H30N2O2/c28-25(20-26-16-18-29-19-17-26)27-14-12-22(13-15-27)7-6-21-8-10-24(11-9-21)23-4-2-1-3-5-23/h1-11,22H,12-20H2. The van der Waals surface area contributed by atoms with E-state index in [0.717, 1.165) is 52.2 Å². The van der Waals surface area contributed by atoms with E-state index in [1.807, 2.05) is 11.0 Å². The Balaban J connectivity index is 1.25. The second-order valence-electron chi connectivity index (χ2n) is 7.95. The van der Waals surface area contributed by atoms with Gasteiger partial charge in [0.2, 0.25) is 5.91 Å². The average Bonchev–Trinajstić information content (AvgIpc) is 2.80. The lowest BCUT2D eigenvalue weighted by Gasteiger charge is -2.33. The minimum atomic E-state index is 0.269. The fourth-order valence-corrected chi connectivity index (χ4v) is 4.06. The predicted molar refractivity (Wildman–Crippen MR) is 117 cm³/mol. The minimum Gasteiger partial charge on any atom is -0.379 e. The molecule has 2 aromatic rings. The van der Waals surface area contributed by atoms with E-state index in [4.69, 9.17) is 4.74 Å². The van der Waals surface area contributed by atoms with Crippen molar-refractivity contribution in [3.8, 4) is 11.1 Å². The van der Waals surface area contributed by atoms with Gasteiger partial charge in [-0.05, 0) is 35.4 Å². The number of piperidine rings is 1. The second-order valence-corrected chi connectivity index (χ2v) is 7.95. The van der Waals surface area contributed by atoms with Crippen molar-refractivity contribution < 1.29 is 9.53 Å². The highest BCUT2D eigenvalue weighted by atomic mass is 16.5. The van der Waals surface area contributed by atoms with Gasteiger partial charge in [0.15, 0.2) is 0 Å². The first kappa shape index (κ1) is 19.9. The van der Waals surface area contributed by atoms with Crippen LogP contribution in [-0.4, -0.2) is 61.6 Å². The van der Waals surface area contributed by atoms with Crippen LogP contribution in [-0.2, 0) is 9.53 Å². The van der Waals surface area contributed by atoms with E-state index in [2.05, 4.69) is 65.6 Å². The molecule has 1 amide bonds. The third-order valence-corrected chi connectivity index (χ3v) is 5.93. The fraction of sp³-hybridized carbons (Fsp3) is 0.400. The van der Waals surface area contributed by atoms with Crippen LogP contribution in [0.1, 0.15) is 18.4 Å². The summed E-state index contributed by atoms with van der Waals surface area (Å²) in [7, 11) is 0. The molecule has 4 heteroatoms. The van der Waals surface area contributed by atoms with Crippen LogP contribution < -0.4 is 0 Å². The van der Waals surface area contributed by atoms with Crippen LogP contribution in [0, 0.1) is 5.92 Å². The largest absolute Gasteiger partial charge is 0.379 e. The lowest BCUT2D eigenvalue weighted by Crippen LogP contribution is -2.46. The smallest absolute Gasteiger partial charge is 0.236 e. The number of morpholine rings is 1. The Bertz CT molecular complexity index is 802. The Hall–Kier alpha value is -2.43. The van der Waals surface area contributed by atoms with Crippen molar-refractivity contribution in [1.82, 2.24) is 9.80 Å². The highest BCUT2D eigenvalue weighted by Gasteiger charge is 2.23. The van der Waals surface area contributed by atoms with Crippen LogP contribution in [0.3, 0.4) is 0 Å². The van der Waals surface area contributed by atoms with Crippen LogP contribution in [0.5, 0.6) is 0 Å². The first-order valence-electron chi connectivity index (χ1n) is 10.7. The number of nitrogens with zero attached hydrogens (tertiary/aromatic N) is 2. The van der Waals surface area contributed by atoms with Crippen molar-refractivity contribution in [2.45, 2.75) is 12.8 Å². The first-order valence-corrected chi connectivity index (χ1v) is 10.7. The Morgan fingerprint density at radius 3 is 2.24 bits per heavy atom. The highest BCUT2D eigenvalue weighted by Crippen LogP contribution is 2.22. The summed E-state index contributed by atoms with van der Waals surface area (Å²) in [6, 6.07) is 19.2. The zero-order valence-electron chi connectivity index (χ0n) is 17.0. The summed E-state index contributed by atoms with van der Waals surface area (Å²) in [6.45, 7) is 5.49. The Kier molecular flexibility index (Phi) is 6.75. The number of amides is 1. The van der Waals surface area contributed by atoms with Crippen LogP contribution in [0.15, 0.2) is 60.7 Å². The van der Waals surface area contributed by atoms with Crippen LogP contribution in [0.4, 0.5) is 0 Å². The third kappa shape index (κ3) is 5.55. The van der Waals surface area contributed by atoms with E-state index in [0.29, 0.717) is 12.5 Å². The summed E-state index contributed by atoms with van der Waals surface area (Å²) in [5.74, 6) is 0.821. The summed E-state index contributed by atoms with van der Waals surface area (Å²) in [6.07, 6.45) is 6.65. The molecule has 2 heterocycles. The molecule has 0 saturated carbocycles. The molecule has 0 radical (unpaired) electrons. The molecule has 0 aliphatic carbocycles. The van der Waals surface area contributed by atoms with Gasteiger partial charge in [-0.15, -0.1) is 0 Å². The monoisotopic (exact) mass is 390 g/mol. The van der Waals surface area contributed by atoms with Gasteiger partial charge in [-0.1, -0.05) is 66.7 Å². The number of ether oxygens (including phenoxy) is 1. The van der Waals surface area contributed by atoms with Crippen molar-refractivity contribution in [2.24, 2.45) is 5.92 Å². The molecule has 152 valence electrons. The van der Waals surface area contributed by atoms with E-state index >= 15 is 0 Å². The van der Waals surface area contributed by atoms with Crippen LogP contribution >= 0.6 is 0 Å². The van der Waals surface area contributed by atoms with Crippen molar-refractivity contribution in [3.63, 3.8) is 0 Å². The number of carbonyl (C=O) groups excluding carboxylic acids is 1. The molecular formula is C25H30N2O2. The Morgan fingerprint density at radius 1 is 0.897 bits per heavy atom. The van der Waals surface area contributed by atoms with Crippen molar-refractivity contribution in [1.29, 1.82) is 0 Å². The lowest BCUT2D eigenvalue weighted by atomic mass is 9.95. The van der Waals surface area contributed by atoms with Gasteiger partial charge >= 0.3 is 0 Å². The number of allylic oxidation sites excluding steroid dienone is 1. The first-order chi connectivity index (χ1) is 14.3. The van der Waals surface area contributed by atoms with E-state index in [1.54, 1.807) is 0 Å². The molecule has 4 nitrogen and oxygen atoms in total. The van der Waals surface area contributed by atoms with E-state index < -0.39 is 0 Å². The lowest BCUT2D eigenvalue weighted by molar-refractivity contribution is -0.134. The number of hydrogen-bond acceptors (Lipinski definition) is 3. The van der Waals surface area contributed by atoms with E-state index in [9.17, 15) is 4.79 Å². The van der Waals surface area contributed by atoms with Crippen LogP contribution in [0.25, 0.3) is 17.2 Å². The van der Waals surface area contributed by atoms with Gasteiger partial charge in [0.25, 0.3) is 0 Å². The molecule has 2 aromatic carbocycles. The Labute approximate surface area is 173 Å². The average molecular weight is 391 g/mol. The normalized spacial score (nSPS) is 19.0. The maximum absolute atomic E-state index is 12.5. The fourth-order valence-electron chi connectivity index (χ4n) is 4.06. The highest BCUT2D eigenvalue weighted by molar-refractivity contribution is 5.78. The predicted octanol–water partition coefficient (Wildman–Crippen LogP) is 3.94. The molecule has 0 unspecified atom stereocenters. The summed E-state index contributed by atoms with van der Waals surface area (Å²) >= 11 is 0. The van der Waals surface area contributed by atoms with Crippen LogP contribution in [0.2, 0.25) is 0 Å². The van der Waals surface area contributed by atoms with E-state index in [-0.39, 0.29) is 5.91 Å². The summed E-state index contributed by atoms with van der Waals surface area (Å²) in [4.78, 5) is 16.8. The van der Waals surface area contributed by atoms with Gasteiger partial charge in [0, 0.05) is 26.2 Å². The maximum Gasteiger partial charge on any atom is 0.236 e. The second kappa shape index (κ2) is 9.86. The molecule has 2 fully saturated rings. The molecule has 0 atom stereocenters. The zero-order chi connectivity index (χ0) is 19.9. The maximum atomic E-state index is 12.5.